The molecule has 20 heavy (non-hydrogen) atoms. The first-order valence-corrected chi connectivity index (χ1v) is 6.56. The van der Waals surface area contributed by atoms with Crippen LogP contribution in [-0.4, -0.2) is 21.5 Å². The van der Waals surface area contributed by atoms with E-state index >= 15 is 0 Å². The van der Waals surface area contributed by atoms with Crippen LogP contribution < -0.4 is 5.32 Å². The van der Waals surface area contributed by atoms with Crippen LogP contribution in [-0.2, 0) is 13.5 Å². The van der Waals surface area contributed by atoms with Crippen LogP contribution in [0.5, 0.6) is 0 Å². The van der Waals surface area contributed by atoms with E-state index in [1.807, 2.05) is 6.92 Å². The first kappa shape index (κ1) is 14.6. The van der Waals surface area contributed by atoms with Gasteiger partial charge in [0.2, 0.25) is 0 Å². The molecular weight excluding hydrogens is 262 g/mol. The molecule has 2 aromatic rings. The van der Waals surface area contributed by atoms with E-state index in [1.54, 1.807) is 24.9 Å². The Kier molecular flexibility index (Phi) is 4.44. The molecule has 0 aliphatic carbocycles. The highest BCUT2D eigenvalue weighted by Crippen LogP contribution is 2.25. The fraction of sp³-hybridized carbons (Fsp3) is 0.429. The summed E-state index contributed by atoms with van der Waals surface area (Å²) < 4.78 is 29.8. The number of rotatable bonds is 5. The van der Waals surface area contributed by atoms with Gasteiger partial charge in [-0.1, -0.05) is 18.2 Å². The molecule has 0 bridgehead atoms. The highest BCUT2D eigenvalue weighted by molar-refractivity contribution is 5.30. The van der Waals surface area contributed by atoms with Crippen molar-refractivity contribution in [1.82, 2.24) is 20.3 Å². The van der Waals surface area contributed by atoms with Crippen LogP contribution in [0.4, 0.5) is 8.78 Å². The van der Waals surface area contributed by atoms with Crippen LogP contribution in [0.3, 0.4) is 0 Å². The molecule has 0 saturated carbocycles. The third-order valence-electron chi connectivity index (χ3n) is 3.18. The van der Waals surface area contributed by atoms with Crippen LogP contribution in [0.1, 0.15) is 29.8 Å². The maximum atomic E-state index is 14.2. The van der Waals surface area contributed by atoms with Gasteiger partial charge in [0.05, 0.1) is 5.69 Å². The lowest BCUT2D eigenvalue weighted by Crippen LogP contribution is -2.25. The molecular formula is C14H18F2N4. The first-order chi connectivity index (χ1) is 9.52. The van der Waals surface area contributed by atoms with Crippen molar-refractivity contribution >= 4 is 0 Å². The normalized spacial score (nSPS) is 12.7. The minimum Gasteiger partial charge on any atom is -0.310 e. The van der Waals surface area contributed by atoms with Gasteiger partial charge in [-0.25, -0.2) is 8.78 Å². The Morgan fingerprint density at radius 3 is 2.70 bits per heavy atom. The summed E-state index contributed by atoms with van der Waals surface area (Å²) in [4.78, 5) is 0. The van der Waals surface area contributed by atoms with Gasteiger partial charge in [-0.15, -0.1) is 5.10 Å². The zero-order valence-corrected chi connectivity index (χ0v) is 11.8. The van der Waals surface area contributed by atoms with Crippen molar-refractivity contribution in [3.8, 4) is 0 Å². The highest BCUT2D eigenvalue weighted by atomic mass is 19.1. The third-order valence-corrected chi connectivity index (χ3v) is 3.18. The van der Waals surface area contributed by atoms with Crippen molar-refractivity contribution < 1.29 is 8.78 Å². The lowest BCUT2D eigenvalue weighted by Gasteiger charge is -2.19. The molecule has 1 N–H and O–H groups in total. The summed E-state index contributed by atoms with van der Waals surface area (Å²) in [5.74, 6) is -1.04. The second kappa shape index (κ2) is 6.09. The number of aryl methyl sites for hydroxylation is 2. The van der Waals surface area contributed by atoms with E-state index in [4.69, 9.17) is 0 Å². The summed E-state index contributed by atoms with van der Waals surface area (Å²) >= 11 is 0. The number of halogens is 2. The van der Waals surface area contributed by atoms with Gasteiger partial charge >= 0.3 is 0 Å². The largest absolute Gasteiger partial charge is 0.310 e. The second-order valence-corrected chi connectivity index (χ2v) is 4.79. The molecule has 1 unspecified atom stereocenters. The van der Waals surface area contributed by atoms with Crippen molar-refractivity contribution in [2.24, 2.45) is 7.05 Å². The molecule has 0 amide bonds. The summed E-state index contributed by atoms with van der Waals surface area (Å²) in [5.41, 5.74) is 1.19. The summed E-state index contributed by atoms with van der Waals surface area (Å²) in [6, 6.07) is 2.28. The van der Waals surface area contributed by atoms with Crippen LogP contribution in [0, 0.1) is 18.6 Å². The SMILES string of the molecule is CCNC(Cc1cn(C)nn1)c1c(F)ccc(C)c1F. The summed E-state index contributed by atoms with van der Waals surface area (Å²) in [6.07, 6.45) is 2.13. The number of hydrogen-bond acceptors (Lipinski definition) is 3. The average Bonchev–Trinajstić information content (AvgIpc) is 2.80. The second-order valence-electron chi connectivity index (χ2n) is 4.79. The molecule has 1 aromatic heterocycles. The van der Waals surface area contributed by atoms with Gasteiger partial charge in [0.1, 0.15) is 11.6 Å². The third kappa shape index (κ3) is 3.01. The van der Waals surface area contributed by atoms with Crippen molar-refractivity contribution in [3.05, 3.63) is 46.8 Å². The molecule has 1 aromatic carbocycles. The Hall–Kier alpha value is -1.82. The van der Waals surface area contributed by atoms with Gasteiger partial charge in [0.25, 0.3) is 0 Å². The molecule has 0 spiro atoms. The molecule has 0 fully saturated rings. The molecule has 0 radical (unpaired) electrons. The van der Waals surface area contributed by atoms with E-state index in [1.165, 1.54) is 12.1 Å². The zero-order chi connectivity index (χ0) is 14.7. The number of aromatic nitrogens is 3. The smallest absolute Gasteiger partial charge is 0.133 e. The van der Waals surface area contributed by atoms with Gasteiger partial charge in [-0.3, -0.25) is 4.68 Å². The summed E-state index contributed by atoms with van der Waals surface area (Å²) in [7, 11) is 1.76. The molecule has 0 saturated heterocycles. The molecule has 0 aliphatic rings. The van der Waals surface area contributed by atoms with Crippen molar-refractivity contribution in [2.45, 2.75) is 26.3 Å². The Morgan fingerprint density at radius 2 is 2.10 bits per heavy atom. The Bertz CT molecular complexity index is 595. The molecule has 4 nitrogen and oxygen atoms in total. The van der Waals surface area contributed by atoms with Gasteiger partial charge < -0.3 is 5.32 Å². The predicted molar refractivity (Wildman–Crippen MR) is 72.2 cm³/mol. The van der Waals surface area contributed by atoms with E-state index in [0.29, 0.717) is 24.2 Å². The monoisotopic (exact) mass is 280 g/mol. The number of likely N-dealkylation sites (N-methyl/N-ethyl adjacent to an activating group) is 1. The van der Waals surface area contributed by atoms with E-state index < -0.39 is 17.7 Å². The fourth-order valence-electron chi connectivity index (χ4n) is 2.22. The lowest BCUT2D eigenvalue weighted by atomic mass is 9.98. The zero-order valence-electron chi connectivity index (χ0n) is 11.8. The number of nitrogens with one attached hydrogen (secondary N) is 1. The molecule has 0 aliphatic heterocycles. The van der Waals surface area contributed by atoms with Gasteiger partial charge in [-0.05, 0) is 25.1 Å². The fourth-order valence-corrected chi connectivity index (χ4v) is 2.22. The van der Waals surface area contributed by atoms with Crippen LogP contribution in [0.25, 0.3) is 0 Å². The standard InChI is InChI=1S/C14H18F2N4/c1-4-17-12(7-10-8-20(3)19-18-10)13-11(15)6-5-9(2)14(13)16/h5-6,8,12,17H,4,7H2,1-3H3. The van der Waals surface area contributed by atoms with E-state index in [0.717, 1.165) is 0 Å². The topological polar surface area (TPSA) is 42.7 Å². The molecule has 6 heteroatoms. The number of nitrogens with zero attached hydrogens (tertiary/aromatic N) is 3. The Morgan fingerprint density at radius 1 is 1.35 bits per heavy atom. The van der Waals surface area contributed by atoms with Crippen molar-refractivity contribution in [2.75, 3.05) is 6.54 Å². The maximum absolute atomic E-state index is 14.2. The van der Waals surface area contributed by atoms with Gasteiger partial charge in [0, 0.05) is 31.3 Å². The number of benzene rings is 1. The quantitative estimate of drug-likeness (QED) is 0.914. The first-order valence-electron chi connectivity index (χ1n) is 6.56. The molecule has 1 heterocycles. The van der Waals surface area contributed by atoms with E-state index in [2.05, 4.69) is 15.6 Å². The Labute approximate surface area is 116 Å². The van der Waals surface area contributed by atoms with Crippen LogP contribution >= 0.6 is 0 Å². The van der Waals surface area contributed by atoms with Crippen LogP contribution in [0.15, 0.2) is 18.3 Å². The average molecular weight is 280 g/mol. The minimum atomic E-state index is -0.539. The molecule has 1 atom stereocenters. The Balaban J connectivity index is 2.35. The van der Waals surface area contributed by atoms with E-state index in [9.17, 15) is 8.78 Å². The summed E-state index contributed by atoms with van der Waals surface area (Å²) in [5, 5.41) is 10.9. The van der Waals surface area contributed by atoms with Gasteiger partial charge in [0.15, 0.2) is 0 Å². The predicted octanol–water partition coefficient (Wildman–Crippen LogP) is 2.30. The molecule has 2 rings (SSSR count). The highest BCUT2D eigenvalue weighted by Gasteiger charge is 2.22. The van der Waals surface area contributed by atoms with Crippen molar-refractivity contribution in [1.29, 1.82) is 0 Å². The summed E-state index contributed by atoms with van der Waals surface area (Å²) in [6.45, 7) is 4.14. The maximum Gasteiger partial charge on any atom is 0.133 e. The van der Waals surface area contributed by atoms with Crippen molar-refractivity contribution in [3.63, 3.8) is 0 Å². The number of hydrogen-bond donors (Lipinski definition) is 1. The van der Waals surface area contributed by atoms with Crippen LogP contribution in [0.2, 0.25) is 0 Å². The van der Waals surface area contributed by atoms with E-state index in [-0.39, 0.29) is 5.56 Å². The minimum absolute atomic E-state index is 0.0671. The van der Waals surface area contributed by atoms with Gasteiger partial charge in [-0.2, -0.15) is 0 Å². The lowest BCUT2D eigenvalue weighted by molar-refractivity contribution is 0.467. The molecule has 108 valence electrons.